The molecule has 0 amide bonds. The van der Waals surface area contributed by atoms with Gasteiger partial charge in [0, 0.05) is 7.11 Å². The van der Waals surface area contributed by atoms with Crippen LogP contribution in [-0.2, 0) is 10.2 Å². The molecule has 1 heteroatoms. The monoisotopic (exact) mass is 288 g/mol. The van der Waals surface area contributed by atoms with E-state index in [1.165, 1.54) is 16.7 Å². The van der Waals surface area contributed by atoms with E-state index in [0.29, 0.717) is 6.61 Å². The van der Waals surface area contributed by atoms with Gasteiger partial charge in [0.15, 0.2) is 0 Å². The van der Waals surface area contributed by atoms with Gasteiger partial charge in [-0.15, -0.1) is 0 Å². The highest BCUT2D eigenvalue weighted by molar-refractivity contribution is 5.50. The summed E-state index contributed by atoms with van der Waals surface area (Å²) in [6, 6.07) is 31.8. The van der Waals surface area contributed by atoms with Crippen LogP contribution in [0.25, 0.3) is 0 Å². The molecular weight excluding hydrogens is 268 g/mol. The van der Waals surface area contributed by atoms with Crippen molar-refractivity contribution in [2.24, 2.45) is 0 Å². The molecule has 0 saturated carbocycles. The minimum Gasteiger partial charge on any atom is -0.383 e. The molecule has 0 spiro atoms. The first-order chi connectivity index (χ1) is 10.9. The average Bonchev–Trinajstić information content (AvgIpc) is 2.62. The van der Waals surface area contributed by atoms with E-state index in [0.717, 1.165) is 0 Å². The molecule has 1 nitrogen and oxygen atoms in total. The van der Waals surface area contributed by atoms with Gasteiger partial charge < -0.3 is 4.74 Å². The minimum absolute atomic E-state index is 0.293. The first-order valence-electron chi connectivity index (χ1n) is 7.53. The Bertz CT molecular complexity index is 593. The maximum absolute atomic E-state index is 5.67. The van der Waals surface area contributed by atoms with Crippen molar-refractivity contribution < 1.29 is 4.74 Å². The second-order valence-electron chi connectivity index (χ2n) is 5.44. The van der Waals surface area contributed by atoms with Gasteiger partial charge in [0.1, 0.15) is 0 Å². The number of ether oxygens (including phenoxy) is 1. The average molecular weight is 288 g/mol. The minimum atomic E-state index is -0.293. The lowest BCUT2D eigenvalue weighted by Gasteiger charge is -2.35. The normalized spacial score (nSPS) is 11.3. The Morgan fingerprint density at radius 2 is 0.909 bits per heavy atom. The van der Waals surface area contributed by atoms with Gasteiger partial charge in [0.25, 0.3) is 0 Å². The first kappa shape index (κ1) is 14.6. The van der Waals surface area contributed by atoms with Crippen molar-refractivity contribution in [3.05, 3.63) is 108 Å². The molecular formula is C21H20O. The summed E-state index contributed by atoms with van der Waals surface area (Å²) in [6.07, 6.45) is 0. The van der Waals surface area contributed by atoms with Crippen molar-refractivity contribution in [1.82, 2.24) is 0 Å². The zero-order valence-corrected chi connectivity index (χ0v) is 12.8. The van der Waals surface area contributed by atoms with Gasteiger partial charge in [-0.25, -0.2) is 0 Å². The van der Waals surface area contributed by atoms with E-state index in [1.807, 2.05) is 0 Å². The Morgan fingerprint density at radius 3 is 1.18 bits per heavy atom. The Labute approximate surface area is 132 Å². The maximum Gasteiger partial charge on any atom is 0.0684 e. The molecule has 0 heterocycles. The predicted octanol–water partition coefficient (Wildman–Crippen LogP) is 4.67. The molecule has 0 radical (unpaired) electrons. The van der Waals surface area contributed by atoms with Crippen molar-refractivity contribution >= 4 is 0 Å². The summed E-state index contributed by atoms with van der Waals surface area (Å²) < 4.78 is 5.67. The summed E-state index contributed by atoms with van der Waals surface area (Å²) in [5, 5.41) is 0. The van der Waals surface area contributed by atoms with E-state index in [9.17, 15) is 0 Å². The molecule has 0 unspecified atom stereocenters. The van der Waals surface area contributed by atoms with Crippen LogP contribution >= 0.6 is 0 Å². The second-order valence-corrected chi connectivity index (χ2v) is 5.44. The molecule has 22 heavy (non-hydrogen) atoms. The third-order valence-corrected chi connectivity index (χ3v) is 4.16. The number of rotatable bonds is 5. The molecule has 0 aromatic heterocycles. The molecule has 0 atom stereocenters. The van der Waals surface area contributed by atoms with Crippen LogP contribution in [0.4, 0.5) is 0 Å². The summed E-state index contributed by atoms with van der Waals surface area (Å²) in [7, 11) is 1.77. The Hall–Kier alpha value is -2.38. The predicted molar refractivity (Wildman–Crippen MR) is 91.1 cm³/mol. The van der Waals surface area contributed by atoms with Crippen molar-refractivity contribution in [3.8, 4) is 0 Å². The lowest BCUT2D eigenvalue weighted by molar-refractivity contribution is 0.163. The van der Waals surface area contributed by atoms with Crippen LogP contribution < -0.4 is 0 Å². The van der Waals surface area contributed by atoms with E-state index in [-0.39, 0.29) is 5.41 Å². The maximum atomic E-state index is 5.67. The highest BCUT2D eigenvalue weighted by Crippen LogP contribution is 2.39. The summed E-state index contributed by atoms with van der Waals surface area (Å²) in [4.78, 5) is 0. The molecule has 0 bridgehead atoms. The topological polar surface area (TPSA) is 9.23 Å². The van der Waals surface area contributed by atoms with Crippen molar-refractivity contribution in [1.29, 1.82) is 0 Å². The number of methoxy groups -OCH3 is 1. The molecule has 3 rings (SSSR count). The van der Waals surface area contributed by atoms with Crippen molar-refractivity contribution in [3.63, 3.8) is 0 Å². The lowest BCUT2D eigenvalue weighted by atomic mass is 9.70. The first-order valence-corrected chi connectivity index (χ1v) is 7.53. The lowest BCUT2D eigenvalue weighted by Crippen LogP contribution is -2.34. The Morgan fingerprint density at radius 1 is 0.591 bits per heavy atom. The fourth-order valence-electron chi connectivity index (χ4n) is 3.13. The van der Waals surface area contributed by atoms with Crippen LogP contribution in [0.15, 0.2) is 91.0 Å². The molecule has 3 aromatic carbocycles. The fourth-order valence-corrected chi connectivity index (χ4v) is 3.13. The van der Waals surface area contributed by atoms with E-state index in [1.54, 1.807) is 7.11 Å². The molecule has 110 valence electrons. The van der Waals surface area contributed by atoms with Crippen LogP contribution in [-0.4, -0.2) is 13.7 Å². The molecule has 0 aliphatic rings. The van der Waals surface area contributed by atoms with Gasteiger partial charge in [-0.1, -0.05) is 91.0 Å². The van der Waals surface area contributed by atoms with Crippen LogP contribution in [0.2, 0.25) is 0 Å². The zero-order valence-electron chi connectivity index (χ0n) is 12.8. The summed E-state index contributed by atoms with van der Waals surface area (Å²) >= 11 is 0. The number of hydrogen-bond donors (Lipinski definition) is 0. The molecule has 0 N–H and O–H groups in total. The Balaban J connectivity index is 2.29. The SMILES string of the molecule is COCC(c1ccccc1)(c1ccccc1)c1ccccc1. The molecule has 0 saturated heterocycles. The highest BCUT2D eigenvalue weighted by Gasteiger charge is 2.36. The van der Waals surface area contributed by atoms with Gasteiger partial charge >= 0.3 is 0 Å². The molecule has 0 fully saturated rings. The van der Waals surface area contributed by atoms with E-state index in [2.05, 4.69) is 91.0 Å². The van der Waals surface area contributed by atoms with Gasteiger partial charge in [0.05, 0.1) is 12.0 Å². The van der Waals surface area contributed by atoms with E-state index in [4.69, 9.17) is 4.74 Å². The Kier molecular flexibility index (Phi) is 4.36. The van der Waals surface area contributed by atoms with Crippen LogP contribution in [0.3, 0.4) is 0 Å². The van der Waals surface area contributed by atoms with Crippen molar-refractivity contribution in [2.45, 2.75) is 5.41 Å². The van der Waals surface area contributed by atoms with Crippen LogP contribution in [0.5, 0.6) is 0 Å². The largest absolute Gasteiger partial charge is 0.383 e. The van der Waals surface area contributed by atoms with E-state index >= 15 is 0 Å². The van der Waals surface area contributed by atoms with Gasteiger partial charge in [-0.05, 0) is 16.7 Å². The third kappa shape index (κ3) is 2.56. The quantitative estimate of drug-likeness (QED) is 0.620. The standard InChI is InChI=1S/C21H20O/c1-22-17-21(18-11-5-2-6-12-18,19-13-7-3-8-14-19)20-15-9-4-10-16-20/h2-16H,17H2,1H3. The summed E-state index contributed by atoms with van der Waals surface area (Å²) in [5.74, 6) is 0. The third-order valence-electron chi connectivity index (χ3n) is 4.16. The molecule has 0 aliphatic carbocycles. The van der Waals surface area contributed by atoms with E-state index < -0.39 is 0 Å². The molecule has 3 aromatic rings. The summed E-state index contributed by atoms with van der Waals surface area (Å²) in [6.45, 7) is 0.602. The van der Waals surface area contributed by atoms with Gasteiger partial charge in [-0.3, -0.25) is 0 Å². The van der Waals surface area contributed by atoms with Crippen molar-refractivity contribution in [2.75, 3.05) is 13.7 Å². The molecule has 0 aliphatic heterocycles. The fraction of sp³-hybridized carbons (Fsp3) is 0.143. The van der Waals surface area contributed by atoms with Gasteiger partial charge in [0.2, 0.25) is 0 Å². The van der Waals surface area contributed by atoms with Crippen LogP contribution in [0.1, 0.15) is 16.7 Å². The number of benzene rings is 3. The number of hydrogen-bond acceptors (Lipinski definition) is 1. The smallest absolute Gasteiger partial charge is 0.0684 e. The second kappa shape index (κ2) is 6.59. The summed E-state index contributed by atoms with van der Waals surface area (Å²) in [5.41, 5.74) is 3.44. The van der Waals surface area contributed by atoms with Crippen LogP contribution in [0, 0.1) is 0 Å². The zero-order chi connectivity index (χ0) is 15.3. The van der Waals surface area contributed by atoms with Gasteiger partial charge in [-0.2, -0.15) is 0 Å². The highest BCUT2D eigenvalue weighted by atomic mass is 16.5.